The van der Waals surface area contributed by atoms with Gasteiger partial charge in [0.15, 0.2) is 0 Å². The van der Waals surface area contributed by atoms with Gasteiger partial charge in [0.05, 0.1) is 33.1 Å². The maximum atomic E-state index is 11.7. The van der Waals surface area contributed by atoms with Crippen LogP contribution in [0.4, 0.5) is 0 Å². The molecule has 1 fully saturated rings. The first kappa shape index (κ1) is 14.8. The van der Waals surface area contributed by atoms with Crippen LogP contribution in [0.3, 0.4) is 0 Å². The molecule has 1 aliphatic carbocycles. The van der Waals surface area contributed by atoms with Gasteiger partial charge in [-0.2, -0.15) is 5.10 Å². The number of aliphatic hydroxyl groups is 1. The van der Waals surface area contributed by atoms with Gasteiger partial charge in [-0.05, 0) is 18.8 Å². The molecule has 112 valence electrons. The summed E-state index contributed by atoms with van der Waals surface area (Å²) in [6.07, 6.45) is 7.55. The molecule has 0 amide bonds. The van der Waals surface area contributed by atoms with Gasteiger partial charge in [0.2, 0.25) is 5.88 Å². The summed E-state index contributed by atoms with van der Waals surface area (Å²) in [5.74, 6) is 0.469. The van der Waals surface area contributed by atoms with Crippen LogP contribution >= 0.6 is 0 Å². The third-order valence-electron chi connectivity index (χ3n) is 3.69. The summed E-state index contributed by atoms with van der Waals surface area (Å²) in [5, 5.41) is 13.1. The predicted octanol–water partition coefficient (Wildman–Crippen LogP) is 1.62. The fourth-order valence-corrected chi connectivity index (χ4v) is 2.58. The Kier molecular flexibility index (Phi) is 5.40. The van der Waals surface area contributed by atoms with Crippen molar-refractivity contribution in [2.75, 3.05) is 20.3 Å². The topological polar surface area (TPSA) is 73.6 Å². The van der Waals surface area contributed by atoms with E-state index in [-0.39, 0.29) is 6.61 Å². The summed E-state index contributed by atoms with van der Waals surface area (Å²) in [5.41, 5.74) is 0.316. The Labute approximate surface area is 118 Å². The van der Waals surface area contributed by atoms with Crippen LogP contribution in [0.1, 0.15) is 42.5 Å². The van der Waals surface area contributed by atoms with Gasteiger partial charge in [0, 0.05) is 0 Å². The average molecular weight is 282 g/mol. The number of carbonyl (C=O) groups is 1. The predicted molar refractivity (Wildman–Crippen MR) is 72.7 cm³/mol. The molecule has 0 saturated heterocycles. The van der Waals surface area contributed by atoms with Gasteiger partial charge in [0.1, 0.15) is 5.56 Å². The highest BCUT2D eigenvalue weighted by molar-refractivity contribution is 5.91. The molecule has 2 rings (SSSR count). The largest absolute Gasteiger partial charge is 0.477 e. The Bertz CT molecular complexity index is 438. The lowest BCUT2D eigenvalue weighted by Gasteiger charge is -2.22. The molecule has 0 radical (unpaired) electrons. The van der Waals surface area contributed by atoms with Crippen LogP contribution in [-0.4, -0.2) is 41.2 Å². The van der Waals surface area contributed by atoms with Crippen LogP contribution in [0.2, 0.25) is 0 Å². The van der Waals surface area contributed by atoms with E-state index in [4.69, 9.17) is 14.6 Å². The average Bonchev–Trinajstić information content (AvgIpc) is 2.89. The minimum atomic E-state index is -0.465. The van der Waals surface area contributed by atoms with E-state index in [1.165, 1.54) is 50.1 Å². The number of nitrogens with zero attached hydrogens (tertiary/aromatic N) is 2. The van der Waals surface area contributed by atoms with Crippen molar-refractivity contribution in [1.82, 2.24) is 9.78 Å². The highest BCUT2D eigenvalue weighted by Gasteiger charge is 2.21. The van der Waals surface area contributed by atoms with Crippen molar-refractivity contribution in [3.63, 3.8) is 0 Å². The third kappa shape index (κ3) is 3.50. The lowest BCUT2D eigenvalue weighted by Crippen LogP contribution is -2.18. The number of esters is 1. The van der Waals surface area contributed by atoms with E-state index in [1.807, 2.05) is 0 Å². The number of ether oxygens (including phenoxy) is 2. The molecule has 1 saturated carbocycles. The monoisotopic (exact) mass is 282 g/mol. The van der Waals surface area contributed by atoms with E-state index >= 15 is 0 Å². The van der Waals surface area contributed by atoms with E-state index in [9.17, 15) is 4.79 Å². The molecule has 1 N–H and O–H groups in total. The van der Waals surface area contributed by atoms with Crippen LogP contribution in [0, 0.1) is 5.92 Å². The maximum Gasteiger partial charge on any atom is 0.345 e. The second-order valence-electron chi connectivity index (χ2n) is 5.12. The minimum Gasteiger partial charge on any atom is -0.477 e. The first-order valence-corrected chi connectivity index (χ1v) is 7.14. The summed E-state index contributed by atoms with van der Waals surface area (Å²) < 4.78 is 12.0. The fraction of sp³-hybridized carbons (Fsp3) is 0.714. The number of hydrogen-bond acceptors (Lipinski definition) is 5. The van der Waals surface area contributed by atoms with Gasteiger partial charge >= 0.3 is 5.97 Å². The van der Waals surface area contributed by atoms with Gasteiger partial charge in [-0.15, -0.1) is 0 Å². The SMILES string of the molecule is COC(=O)c1cnn(CCO)c1OCC1CCCCC1. The molecule has 1 aromatic rings. The summed E-state index contributed by atoms with van der Waals surface area (Å²) >= 11 is 0. The lowest BCUT2D eigenvalue weighted by molar-refractivity contribution is 0.0593. The number of aromatic nitrogens is 2. The van der Waals surface area contributed by atoms with Crippen molar-refractivity contribution < 1.29 is 19.4 Å². The van der Waals surface area contributed by atoms with Crippen LogP contribution in [-0.2, 0) is 11.3 Å². The van der Waals surface area contributed by atoms with Crippen molar-refractivity contribution in [3.05, 3.63) is 11.8 Å². The normalized spacial score (nSPS) is 16.1. The Hall–Kier alpha value is -1.56. The Morgan fingerprint density at radius 3 is 2.85 bits per heavy atom. The lowest BCUT2D eigenvalue weighted by atomic mass is 9.90. The smallest absolute Gasteiger partial charge is 0.345 e. The molecule has 0 aromatic carbocycles. The fourth-order valence-electron chi connectivity index (χ4n) is 2.58. The number of methoxy groups -OCH3 is 1. The second-order valence-corrected chi connectivity index (χ2v) is 5.12. The minimum absolute atomic E-state index is 0.0535. The number of carbonyl (C=O) groups excluding carboxylic acids is 1. The van der Waals surface area contributed by atoms with Gasteiger partial charge in [-0.25, -0.2) is 9.48 Å². The molecule has 0 spiro atoms. The first-order valence-electron chi connectivity index (χ1n) is 7.14. The highest BCUT2D eigenvalue weighted by atomic mass is 16.5. The number of aliphatic hydroxyl groups excluding tert-OH is 1. The molecule has 6 nitrogen and oxygen atoms in total. The molecular weight excluding hydrogens is 260 g/mol. The first-order chi connectivity index (χ1) is 9.76. The van der Waals surface area contributed by atoms with E-state index in [0.717, 1.165) is 0 Å². The molecular formula is C14H22N2O4. The number of hydrogen-bond donors (Lipinski definition) is 1. The van der Waals surface area contributed by atoms with Gasteiger partial charge in [0.25, 0.3) is 0 Å². The quantitative estimate of drug-likeness (QED) is 0.803. The van der Waals surface area contributed by atoms with Gasteiger partial charge in [-0.1, -0.05) is 19.3 Å². The summed E-state index contributed by atoms with van der Waals surface area (Å²) in [6, 6.07) is 0. The maximum absolute atomic E-state index is 11.7. The second kappa shape index (κ2) is 7.28. The molecule has 1 aliphatic rings. The zero-order valence-corrected chi connectivity index (χ0v) is 11.9. The zero-order chi connectivity index (χ0) is 14.4. The molecule has 1 aromatic heterocycles. The van der Waals surface area contributed by atoms with Crippen LogP contribution in [0.5, 0.6) is 5.88 Å². The molecule has 0 unspecified atom stereocenters. The Morgan fingerprint density at radius 2 is 2.20 bits per heavy atom. The van der Waals surface area contributed by atoms with E-state index < -0.39 is 5.97 Å². The highest BCUT2D eigenvalue weighted by Crippen LogP contribution is 2.26. The summed E-state index contributed by atoms with van der Waals surface area (Å²) in [4.78, 5) is 11.7. The summed E-state index contributed by atoms with van der Waals surface area (Å²) in [6.45, 7) is 0.834. The van der Waals surface area contributed by atoms with Gasteiger partial charge < -0.3 is 14.6 Å². The van der Waals surface area contributed by atoms with Crippen LogP contribution in [0.25, 0.3) is 0 Å². The van der Waals surface area contributed by atoms with Crippen molar-refractivity contribution in [2.24, 2.45) is 5.92 Å². The number of rotatable bonds is 6. The third-order valence-corrected chi connectivity index (χ3v) is 3.69. The van der Waals surface area contributed by atoms with Gasteiger partial charge in [-0.3, -0.25) is 0 Å². The molecule has 0 aliphatic heterocycles. The molecule has 0 bridgehead atoms. The van der Waals surface area contributed by atoms with Crippen molar-refractivity contribution in [1.29, 1.82) is 0 Å². The molecule has 0 atom stereocenters. The standard InChI is InChI=1S/C14H22N2O4/c1-19-14(18)12-9-15-16(7-8-17)13(12)20-10-11-5-3-2-4-6-11/h9,11,17H,2-8,10H2,1H3. The zero-order valence-electron chi connectivity index (χ0n) is 11.9. The van der Waals surface area contributed by atoms with E-state index in [1.54, 1.807) is 0 Å². The van der Waals surface area contributed by atoms with E-state index in [2.05, 4.69) is 5.10 Å². The molecule has 20 heavy (non-hydrogen) atoms. The van der Waals surface area contributed by atoms with Crippen molar-refractivity contribution >= 4 is 5.97 Å². The molecule has 6 heteroatoms. The Balaban J connectivity index is 2.06. The summed E-state index contributed by atoms with van der Waals surface area (Å²) in [7, 11) is 1.33. The van der Waals surface area contributed by atoms with Crippen molar-refractivity contribution in [2.45, 2.75) is 38.6 Å². The van der Waals surface area contributed by atoms with E-state index in [0.29, 0.717) is 30.5 Å². The van der Waals surface area contributed by atoms with Crippen LogP contribution in [0.15, 0.2) is 6.20 Å². The molecule has 1 heterocycles. The van der Waals surface area contributed by atoms with Crippen LogP contribution < -0.4 is 4.74 Å². The van der Waals surface area contributed by atoms with Crippen molar-refractivity contribution in [3.8, 4) is 5.88 Å². The Morgan fingerprint density at radius 1 is 1.45 bits per heavy atom.